The highest BCUT2D eigenvalue weighted by molar-refractivity contribution is 6.00. The fourth-order valence-corrected chi connectivity index (χ4v) is 4.98. The molecule has 0 aliphatic heterocycles. The lowest BCUT2D eigenvalue weighted by molar-refractivity contribution is 0.217. The number of hydrogen-bond donors (Lipinski definition) is 1. The Bertz CT molecular complexity index is 1400. The standard InChI is InChI=1S/C26H28N6O2/c1-16(2)18-4-6-21(7-5-18)32-15-20-11-23(24(34-3)12-22(20)30-32)29-26(33)31-9-8-19-10-17(13-27)14-28-25(19)31/h8-12,14-16,18,21H,4-7H2,1-3H3,(H,29,33). The number of aromatic nitrogens is 4. The molecule has 0 saturated heterocycles. The third-order valence-electron chi connectivity index (χ3n) is 7.02. The van der Waals surface area contributed by atoms with E-state index >= 15 is 0 Å². The smallest absolute Gasteiger partial charge is 0.331 e. The van der Waals surface area contributed by atoms with E-state index in [4.69, 9.17) is 15.1 Å². The molecular weight excluding hydrogens is 428 g/mol. The Morgan fingerprint density at radius 1 is 1.21 bits per heavy atom. The van der Waals surface area contributed by atoms with E-state index in [1.54, 1.807) is 25.4 Å². The summed E-state index contributed by atoms with van der Waals surface area (Å²) < 4.78 is 9.07. The summed E-state index contributed by atoms with van der Waals surface area (Å²) in [5.41, 5.74) is 2.35. The zero-order valence-corrected chi connectivity index (χ0v) is 19.7. The van der Waals surface area contributed by atoms with Crippen molar-refractivity contribution in [2.45, 2.75) is 45.6 Å². The van der Waals surface area contributed by atoms with Gasteiger partial charge in [-0.05, 0) is 55.7 Å². The molecule has 0 radical (unpaired) electrons. The van der Waals surface area contributed by atoms with Gasteiger partial charge in [-0.15, -0.1) is 0 Å². The van der Waals surface area contributed by atoms with Crippen LogP contribution >= 0.6 is 0 Å². The molecule has 4 aromatic rings. The summed E-state index contributed by atoms with van der Waals surface area (Å²) in [5.74, 6) is 2.08. The second-order valence-corrected chi connectivity index (χ2v) is 9.40. The molecule has 0 bridgehead atoms. The number of carbonyl (C=O) groups excluding carboxylic acids is 1. The molecule has 0 atom stereocenters. The number of benzene rings is 1. The number of rotatable bonds is 4. The number of anilines is 1. The Labute approximate surface area is 198 Å². The van der Waals surface area contributed by atoms with Crippen LogP contribution in [-0.4, -0.2) is 32.5 Å². The minimum atomic E-state index is -0.357. The van der Waals surface area contributed by atoms with Crippen LogP contribution in [0.4, 0.5) is 10.5 Å². The number of nitrogens with zero attached hydrogens (tertiary/aromatic N) is 5. The van der Waals surface area contributed by atoms with Crippen molar-refractivity contribution in [2.75, 3.05) is 12.4 Å². The van der Waals surface area contributed by atoms with E-state index in [1.807, 2.05) is 12.1 Å². The minimum Gasteiger partial charge on any atom is -0.494 e. The molecule has 3 heterocycles. The highest BCUT2D eigenvalue weighted by Crippen LogP contribution is 2.37. The summed E-state index contributed by atoms with van der Waals surface area (Å²) in [6.07, 6.45) is 9.92. The van der Waals surface area contributed by atoms with Crippen LogP contribution in [0.25, 0.3) is 21.9 Å². The van der Waals surface area contributed by atoms with Crippen LogP contribution in [0.2, 0.25) is 0 Å². The van der Waals surface area contributed by atoms with Crippen LogP contribution in [0.3, 0.4) is 0 Å². The van der Waals surface area contributed by atoms with Crippen molar-refractivity contribution in [3.05, 3.63) is 48.4 Å². The van der Waals surface area contributed by atoms with Crippen molar-refractivity contribution >= 4 is 33.7 Å². The Morgan fingerprint density at radius 3 is 2.71 bits per heavy atom. The van der Waals surface area contributed by atoms with Crippen LogP contribution in [0.5, 0.6) is 5.75 Å². The lowest BCUT2D eigenvalue weighted by atomic mass is 9.80. The normalized spacial score (nSPS) is 18.3. The summed E-state index contributed by atoms with van der Waals surface area (Å²) >= 11 is 0. The Balaban J connectivity index is 1.40. The molecule has 34 heavy (non-hydrogen) atoms. The number of methoxy groups -OCH3 is 1. The van der Waals surface area contributed by atoms with Crippen molar-refractivity contribution in [1.29, 1.82) is 5.26 Å². The van der Waals surface area contributed by atoms with Crippen molar-refractivity contribution < 1.29 is 9.53 Å². The molecule has 1 aromatic carbocycles. The molecule has 8 heteroatoms. The molecule has 1 aliphatic carbocycles. The van der Waals surface area contributed by atoms with E-state index in [1.165, 1.54) is 23.6 Å². The number of hydrogen-bond acceptors (Lipinski definition) is 5. The molecule has 8 nitrogen and oxygen atoms in total. The average Bonchev–Trinajstić information content (AvgIpc) is 3.46. The van der Waals surface area contributed by atoms with Crippen molar-refractivity contribution in [2.24, 2.45) is 11.8 Å². The Morgan fingerprint density at radius 2 is 2.00 bits per heavy atom. The predicted molar refractivity (Wildman–Crippen MR) is 131 cm³/mol. The van der Waals surface area contributed by atoms with Crippen molar-refractivity contribution in [3.63, 3.8) is 0 Å². The van der Waals surface area contributed by atoms with Crippen molar-refractivity contribution in [1.82, 2.24) is 19.3 Å². The lowest BCUT2D eigenvalue weighted by Crippen LogP contribution is -2.21. The van der Waals surface area contributed by atoms with Gasteiger partial charge in [0, 0.05) is 35.4 Å². The Kier molecular flexibility index (Phi) is 5.70. The molecule has 1 fully saturated rings. The molecule has 1 aliphatic rings. The molecular formula is C26H28N6O2. The van der Waals surface area contributed by atoms with Crippen LogP contribution < -0.4 is 10.1 Å². The van der Waals surface area contributed by atoms with E-state index in [2.05, 4.69) is 41.1 Å². The topological polar surface area (TPSA) is 97.8 Å². The third-order valence-corrected chi connectivity index (χ3v) is 7.02. The second kappa shape index (κ2) is 8.82. The largest absolute Gasteiger partial charge is 0.494 e. The first-order chi connectivity index (χ1) is 16.5. The quantitative estimate of drug-likeness (QED) is 0.423. The maximum absolute atomic E-state index is 13.1. The molecule has 1 saturated carbocycles. The van der Waals surface area contributed by atoms with Gasteiger partial charge in [0.1, 0.15) is 17.5 Å². The molecule has 1 N–H and O–H groups in total. The fraction of sp³-hybridized carbons (Fsp3) is 0.385. The van der Waals surface area contributed by atoms with Crippen LogP contribution in [0, 0.1) is 23.2 Å². The van der Waals surface area contributed by atoms with Gasteiger partial charge in [-0.3, -0.25) is 9.25 Å². The number of amides is 1. The molecule has 0 unspecified atom stereocenters. The summed E-state index contributed by atoms with van der Waals surface area (Å²) in [7, 11) is 1.58. The fourth-order valence-electron chi connectivity index (χ4n) is 4.98. The number of nitriles is 1. The number of carbonyl (C=O) groups is 1. The zero-order chi connectivity index (χ0) is 23.8. The monoisotopic (exact) mass is 456 g/mol. The molecule has 3 aromatic heterocycles. The minimum absolute atomic E-state index is 0.357. The average molecular weight is 457 g/mol. The van der Waals surface area contributed by atoms with Gasteiger partial charge >= 0.3 is 6.03 Å². The van der Waals surface area contributed by atoms with Gasteiger partial charge in [0.25, 0.3) is 0 Å². The maximum Gasteiger partial charge on any atom is 0.331 e. The highest BCUT2D eigenvalue weighted by atomic mass is 16.5. The zero-order valence-electron chi connectivity index (χ0n) is 19.7. The van der Waals surface area contributed by atoms with Crippen LogP contribution in [0.15, 0.2) is 42.9 Å². The first-order valence-electron chi connectivity index (χ1n) is 11.7. The van der Waals surface area contributed by atoms with Crippen molar-refractivity contribution in [3.8, 4) is 11.8 Å². The number of nitrogens with one attached hydrogen (secondary N) is 1. The third kappa shape index (κ3) is 3.98. The van der Waals surface area contributed by atoms with Gasteiger partial charge in [-0.25, -0.2) is 9.78 Å². The van der Waals surface area contributed by atoms with E-state index in [0.717, 1.165) is 41.0 Å². The number of fused-ring (bicyclic) bond motifs is 2. The maximum atomic E-state index is 13.1. The van der Waals surface area contributed by atoms with Gasteiger partial charge < -0.3 is 10.1 Å². The van der Waals surface area contributed by atoms with E-state index in [0.29, 0.717) is 28.7 Å². The van der Waals surface area contributed by atoms with Gasteiger partial charge in [0.15, 0.2) is 0 Å². The predicted octanol–water partition coefficient (Wildman–Crippen LogP) is 5.73. The van der Waals surface area contributed by atoms with Gasteiger partial charge in [-0.2, -0.15) is 10.4 Å². The molecule has 174 valence electrons. The Hall–Kier alpha value is -3.86. The first kappa shape index (κ1) is 22.0. The van der Waals surface area contributed by atoms with Gasteiger partial charge in [0.2, 0.25) is 0 Å². The second-order valence-electron chi connectivity index (χ2n) is 9.40. The van der Waals surface area contributed by atoms with E-state index in [9.17, 15) is 4.79 Å². The summed E-state index contributed by atoms with van der Waals surface area (Å²) in [5, 5.41) is 18.5. The number of pyridine rings is 1. The summed E-state index contributed by atoms with van der Waals surface area (Å²) in [6.45, 7) is 4.62. The van der Waals surface area contributed by atoms with Gasteiger partial charge in [0.05, 0.1) is 29.9 Å². The highest BCUT2D eigenvalue weighted by Gasteiger charge is 2.25. The summed E-state index contributed by atoms with van der Waals surface area (Å²) in [6, 6.07) is 9.36. The summed E-state index contributed by atoms with van der Waals surface area (Å²) in [4.78, 5) is 17.3. The van der Waals surface area contributed by atoms with E-state index in [-0.39, 0.29) is 6.03 Å². The van der Waals surface area contributed by atoms with Crippen LogP contribution in [-0.2, 0) is 0 Å². The molecule has 1 amide bonds. The SMILES string of the molecule is COc1cc2nn(C3CCC(C(C)C)CC3)cc2cc1NC(=O)n1ccc2cc(C#N)cnc21. The van der Waals surface area contributed by atoms with E-state index < -0.39 is 0 Å². The molecule has 5 rings (SSSR count). The first-order valence-corrected chi connectivity index (χ1v) is 11.7. The van der Waals surface area contributed by atoms with Gasteiger partial charge in [-0.1, -0.05) is 13.8 Å². The number of ether oxygens (including phenoxy) is 1. The molecule has 0 spiro atoms. The van der Waals surface area contributed by atoms with Crippen LogP contribution in [0.1, 0.15) is 51.1 Å². The lowest BCUT2D eigenvalue weighted by Gasteiger charge is -2.30.